The van der Waals surface area contributed by atoms with Crippen molar-refractivity contribution in [2.75, 3.05) is 112 Å². The molecule has 0 heterocycles. The molecule has 0 rings (SSSR count). The van der Waals surface area contributed by atoms with Gasteiger partial charge >= 0.3 is 6.09 Å². The van der Waals surface area contributed by atoms with Gasteiger partial charge in [-0.1, -0.05) is 10.2 Å². The van der Waals surface area contributed by atoms with Gasteiger partial charge in [0, 0.05) is 54.9 Å². The zero-order chi connectivity index (χ0) is 37.1. The smallest absolute Gasteiger partial charge is 0.431 e. The van der Waals surface area contributed by atoms with Gasteiger partial charge in [0.2, 0.25) is 17.7 Å². The third kappa shape index (κ3) is 33.9. The molecular weight excluding hydrogens is 668 g/mol. The standard InChI is InChI=1S/C28H52N10O12/c1-28(2,3)50-27(42)36-49-19-18-47-16-17-48-22-26(41)35-23(20-24(39)31-4-8-43-12-14-45-10-6-33-37-29)21-25(40)32-5-9-44-13-15-46-11-7-34-38-30/h23H,4-22H2,1-3H3,(H,31,39)(H,32,40)(H,35,41)(H,36,42). The van der Waals surface area contributed by atoms with Gasteiger partial charge in [-0.15, -0.1) is 0 Å². The van der Waals surface area contributed by atoms with Crippen molar-refractivity contribution < 1.29 is 57.2 Å². The van der Waals surface area contributed by atoms with Gasteiger partial charge in [-0.3, -0.25) is 19.2 Å². The van der Waals surface area contributed by atoms with E-state index in [1.807, 2.05) is 0 Å². The summed E-state index contributed by atoms with van der Waals surface area (Å²) in [5.41, 5.74) is 17.9. The van der Waals surface area contributed by atoms with Gasteiger partial charge in [0.15, 0.2) is 0 Å². The number of amides is 4. The van der Waals surface area contributed by atoms with Crippen LogP contribution in [0.4, 0.5) is 4.79 Å². The van der Waals surface area contributed by atoms with Crippen molar-refractivity contribution in [1.29, 1.82) is 0 Å². The largest absolute Gasteiger partial charge is 0.442 e. The number of carbonyl (C=O) groups excluding carboxylic acids is 4. The molecule has 0 atom stereocenters. The number of rotatable bonds is 32. The Labute approximate surface area is 291 Å². The second-order valence-electron chi connectivity index (χ2n) is 10.8. The molecule has 0 aromatic heterocycles. The van der Waals surface area contributed by atoms with E-state index in [4.69, 9.17) is 49.1 Å². The Hall–Kier alpha value is -3.98. The van der Waals surface area contributed by atoms with E-state index in [-0.39, 0.29) is 112 Å². The third-order valence-electron chi connectivity index (χ3n) is 5.40. The van der Waals surface area contributed by atoms with Crippen LogP contribution in [-0.2, 0) is 52.4 Å². The molecule has 22 nitrogen and oxygen atoms in total. The molecule has 0 aromatic carbocycles. The van der Waals surface area contributed by atoms with Crippen molar-refractivity contribution in [2.24, 2.45) is 10.2 Å². The van der Waals surface area contributed by atoms with Crippen LogP contribution in [0.3, 0.4) is 0 Å². The minimum Gasteiger partial charge on any atom is -0.442 e. The highest BCUT2D eigenvalue weighted by molar-refractivity contribution is 5.83. The van der Waals surface area contributed by atoms with E-state index in [1.165, 1.54) is 0 Å². The van der Waals surface area contributed by atoms with E-state index < -0.39 is 35.5 Å². The van der Waals surface area contributed by atoms with Crippen LogP contribution in [0, 0.1) is 0 Å². The van der Waals surface area contributed by atoms with Crippen molar-refractivity contribution in [3.8, 4) is 0 Å². The molecule has 0 aliphatic carbocycles. The molecule has 22 heteroatoms. The minimum absolute atomic E-state index is 0.0624. The van der Waals surface area contributed by atoms with Crippen LogP contribution < -0.4 is 21.4 Å². The Morgan fingerprint density at radius 3 is 1.54 bits per heavy atom. The maximum absolute atomic E-state index is 12.5. The Bertz CT molecular complexity index is 987. The quantitative estimate of drug-likeness (QED) is 0.0245. The van der Waals surface area contributed by atoms with Crippen LogP contribution in [0.15, 0.2) is 10.2 Å². The number of ether oxygens (including phenoxy) is 7. The molecule has 0 aromatic rings. The Balaban J connectivity index is 4.45. The molecule has 0 fully saturated rings. The Morgan fingerprint density at radius 2 is 1.06 bits per heavy atom. The molecular formula is C28H52N10O12. The van der Waals surface area contributed by atoms with Gasteiger partial charge in [-0.05, 0) is 31.8 Å². The summed E-state index contributed by atoms with van der Waals surface area (Å²) in [6.45, 7) is 8.24. The minimum atomic E-state index is -0.826. The van der Waals surface area contributed by atoms with Crippen LogP contribution in [0.1, 0.15) is 33.6 Å². The first kappa shape index (κ1) is 46.0. The molecule has 0 unspecified atom stereocenters. The summed E-state index contributed by atoms with van der Waals surface area (Å²) >= 11 is 0. The Morgan fingerprint density at radius 1 is 0.620 bits per heavy atom. The van der Waals surface area contributed by atoms with E-state index >= 15 is 0 Å². The second-order valence-corrected chi connectivity index (χ2v) is 10.8. The van der Waals surface area contributed by atoms with E-state index in [1.54, 1.807) is 20.8 Å². The predicted octanol–water partition coefficient (Wildman–Crippen LogP) is 0.660. The molecule has 4 amide bonds. The zero-order valence-electron chi connectivity index (χ0n) is 29.1. The van der Waals surface area contributed by atoms with E-state index in [9.17, 15) is 19.2 Å². The molecule has 0 bridgehead atoms. The van der Waals surface area contributed by atoms with Gasteiger partial charge in [0.25, 0.3) is 0 Å². The van der Waals surface area contributed by atoms with Crippen LogP contribution in [0.25, 0.3) is 20.9 Å². The van der Waals surface area contributed by atoms with Crippen LogP contribution in [0.5, 0.6) is 0 Å². The van der Waals surface area contributed by atoms with Crippen molar-refractivity contribution in [2.45, 2.75) is 45.3 Å². The van der Waals surface area contributed by atoms with Crippen LogP contribution in [-0.4, -0.2) is 148 Å². The predicted molar refractivity (Wildman–Crippen MR) is 175 cm³/mol. The normalized spacial score (nSPS) is 11.4. The lowest BCUT2D eigenvalue weighted by atomic mass is 10.1. The average molecular weight is 721 g/mol. The maximum atomic E-state index is 12.5. The van der Waals surface area contributed by atoms with Crippen molar-refractivity contribution >= 4 is 23.8 Å². The first-order valence-electron chi connectivity index (χ1n) is 16.0. The number of hydrogen-bond acceptors (Lipinski definition) is 14. The molecule has 286 valence electrons. The SMILES string of the molecule is CC(C)(C)OC(=O)NOCCOCCOCC(=O)NC(CC(=O)NCCOCCOCCN=[N+]=[N-])CC(=O)NCCOCCOCCN=[N+]=[N-]. The molecule has 0 aliphatic heterocycles. The van der Waals surface area contributed by atoms with Gasteiger partial charge in [0.05, 0.1) is 79.3 Å². The zero-order valence-corrected chi connectivity index (χ0v) is 29.1. The highest BCUT2D eigenvalue weighted by atomic mass is 16.7. The maximum Gasteiger partial charge on any atom is 0.431 e. The number of nitrogens with zero attached hydrogens (tertiary/aromatic N) is 6. The molecule has 0 radical (unpaired) electrons. The number of hydroxylamine groups is 1. The van der Waals surface area contributed by atoms with Gasteiger partial charge < -0.3 is 49.1 Å². The van der Waals surface area contributed by atoms with Crippen LogP contribution in [0.2, 0.25) is 0 Å². The molecule has 0 saturated carbocycles. The van der Waals surface area contributed by atoms with Gasteiger partial charge in [0.1, 0.15) is 12.2 Å². The fraction of sp³-hybridized carbons (Fsp3) is 0.857. The molecule has 0 aliphatic rings. The summed E-state index contributed by atoms with van der Waals surface area (Å²) in [5.74, 6) is -1.34. The number of hydrogen-bond donors (Lipinski definition) is 4. The lowest BCUT2D eigenvalue weighted by Crippen LogP contribution is -2.44. The highest BCUT2D eigenvalue weighted by Crippen LogP contribution is 2.06. The lowest BCUT2D eigenvalue weighted by Gasteiger charge is -2.19. The molecule has 4 N–H and O–H groups in total. The highest BCUT2D eigenvalue weighted by Gasteiger charge is 2.20. The molecule has 50 heavy (non-hydrogen) atoms. The van der Waals surface area contributed by atoms with E-state index in [0.717, 1.165) is 0 Å². The van der Waals surface area contributed by atoms with Crippen molar-refractivity contribution in [3.63, 3.8) is 0 Å². The third-order valence-corrected chi connectivity index (χ3v) is 5.40. The number of carbonyl (C=O) groups is 4. The second kappa shape index (κ2) is 32.2. The fourth-order valence-electron chi connectivity index (χ4n) is 3.40. The average Bonchev–Trinajstić information content (AvgIpc) is 3.04. The number of nitrogens with one attached hydrogen (secondary N) is 4. The first-order chi connectivity index (χ1) is 24.1. The first-order valence-corrected chi connectivity index (χ1v) is 16.0. The topological polar surface area (TPSA) is 288 Å². The Kier molecular flexibility index (Phi) is 29.7. The fourth-order valence-corrected chi connectivity index (χ4v) is 3.40. The summed E-state index contributed by atoms with van der Waals surface area (Å²) in [6.07, 6.45) is -1.07. The van der Waals surface area contributed by atoms with Crippen molar-refractivity contribution in [3.05, 3.63) is 20.9 Å². The monoisotopic (exact) mass is 720 g/mol. The van der Waals surface area contributed by atoms with E-state index in [2.05, 4.69) is 41.5 Å². The summed E-state index contributed by atoms with van der Waals surface area (Å²) in [6, 6.07) is -0.826. The van der Waals surface area contributed by atoms with E-state index in [0.29, 0.717) is 13.2 Å². The summed E-state index contributed by atoms with van der Waals surface area (Å²) < 4.78 is 36.8. The molecule has 0 saturated heterocycles. The number of azide groups is 2. The van der Waals surface area contributed by atoms with Gasteiger partial charge in [-0.25, -0.2) is 4.79 Å². The van der Waals surface area contributed by atoms with Crippen molar-refractivity contribution in [1.82, 2.24) is 21.4 Å². The van der Waals surface area contributed by atoms with Crippen LogP contribution >= 0.6 is 0 Å². The van der Waals surface area contributed by atoms with Gasteiger partial charge in [-0.2, -0.15) is 5.48 Å². The molecule has 0 spiro atoms. The summed E-state index contributed by atoms with van der Waals surface area (Å²) in [4.78, 5) is 59.3. The lowest BCUT2D eigenvalue weighted by molar-refractivity contribution is -0.128. The summed E-state index contributed by atoms with van der Waals surface area (Å²) in [7, 11) is 0. The summed E-state index contributed by atoms with van der Waals surface area (Å²) in [5, 5.41) is 14.7.